The van der Waals surface area contributed by atoms with Crippen molar-refractivity contribution in [1.82, 2.24) is 9.88 Å². The summed E-state index contributed by atoms with van der Waals surface area (Å²) in [6.45, 7) is 1.13. The highest BCUT2D eigenvalue weighted by Crippen LogP contribution is 2.30. The second-order valence-electron chi connectivity index (χ2n) is 8.18. The van der Waals surface area contributed by atoms with Crippen molar-refractivity contribution < 1.29 is 39.4 Å². The number of aromatic nitrogens is 1. The van der Waals surface area contributed by atoms with E-state index in [1.165, 1.54) is 37.3 Å². The lowest BCUT2D eigenvalue weighted by Gasteiger charge is -2.17. The van der Waals surface area contributed by atoms with Gasteiger partial charge in [-0.25, -0.2) is 8.42 Å². The topological polar surface area (TPSA) is 140 Å². The molecule has 1 heterocycles. The number of carbonyl (C=O) groups excluding carboxylic acids is 1. The molecule has 0 radical (unpaired) electrons. The van der Waals surface area contributed by atoms with Crippen LogP contribution in [0.4, 0.5) is 13.2 Å². The van der Waals surface area contributed by atoms with Crippen LogP contribution in [0.25, 0.3) is 5.69 Å². The molecular weight excluding hydrogens is 537 g/mol. The highest BCUT2D eigenvalue weighted by atomic mass is 32.2. The Kier molecular flexibility index (Phi) is 7.67. The van der Waals surface area contributed by atoms with Gasteiger partial charge >= 0.3 is 6.18 Å². The SMILES string of the molecule is Cc1c(CS(=O)(=O)O)cc(C(=O)NCc2ccc(S(C)(=O)=O)cc2)c(=O)n1-c1cccc(C(F)(F)F)c1. The maximum absolute atomic E-state index is 13.2. The van der Waals surface area contributed by atoms with Gasteiger partial charge in [-0.15, -0.1) is 0 Å². The summed E-state index contributed by atoms with van der Waals surface area (Å²) in [4.78, 5) is 26.2. The zero-order valence-corrected chi connectivity index (χ0v) is 21.0. The molecule has 0 aliphatic carbocycles. The Balaban J connectivity index is 2.06. The minimum atomic E-state index is -4.73. The van der Waals surface area contributed by atoms with E-state index < -0.39 is 54.5 Å². The molecule has 0 fully saturated rings. The summed E-state index contributed by atoms with van der Waals surface area (Å²) in [6, 6.07) is 10.2. The maximum atomic E-state index is 13.2. The second kappa shape index (κ2) is 10.1. The van der Waals surface area contributed by atoms with Crippen molar-refractivity contribution in [2.75, 3.05) is 6.26 Å². The second-order valence-corrected chi connectivity index (χ2v) is 11.7. The number of pyridine rings is 1. The number of halogens is 3. The average Bonchev–Trinajstić information content (AvgIpc) is 2.78. The third kappa shape index (κ3) is 6.84. The summed E-state index contributed by atoms with van der Waals surface area (Å²) in [5, 5.41) is 2.44. The first-order chi connectivity index (χ1) is 17.0. The van der Waals surface area contributed by atoms with Crippen LogP contribution in [-0.4, -0.2) is 38.1 Å². The molecule has 0 atom stereocenters. The van der Waals surface area contributed by atoms with Crippen molar-refractivity contribution in [3.8, 4) is 5.69 Å². The van der Waals surface area contributed by atoms with Crippen LogP contribution >= 0.6 is 0 Å². The fraction of sp³-hybridized carbons (Fsp3) is 0.217. The minimum Gasteiger partial charge on any atom is -0.348 e. The number of hydrogen-bond acceptors (Lipinski definition) is 6. The van der Waals surface area contributed by atoms with Gasteiger partial charge < -0.3 is 5.32 Å². The Hall–Kier alpha value is -3.49. The van der Waals surface area contributed by atoms with E-state index in [1.54, 1.807) is 0 Å². The fourth-order valence-corrected chi connectivity index (χ4v) is 4.84. The standard InChI is InChI=1S/C23H21F3N2O7S2/c1-14-16(13-37(33,34)35)10-20(21(29)27-12-15-6-8-19(9-7-15)36(2,31)32)22(30)28(14)18-5-3-4-17(11-18)23(24,25)26/h3-11H,12-13H2,1-2H3,(H,27,29)(H,33,34,35). The van der Waals surface area contributed by atoms with Crippen molar-refractivity contribution in [3.63, 3.8) is 0 Å². The molecule has 3 rings (SSSR count). The summed E-state index contributed by atoms with van der Waals surface area (Å²) < 4.78 is 96.1. The lowest BCUT2D eigenvalue weighted by molar-refractivity contribution is -0.137. The number of sulfone groups is 1. The summed E-state index contributed by atoms with van der Waals surface area (Å²) in [5.41, 5.74) is -2.71. The summed E-state index contributed by atoms with van der Waals surface area (Å²) in [5.74, 6) is -1.96. The predicted octanol–water partition coefficient (Wildman–Crippen LogP) is 2.89. The monoisotopic (exact) mass is 558 g/mol. The van der Waals surface area contributed by atoms with Crippen molar-refractivity contribution >= 4 is 25.9 Å². The van der Waals surface area contributed by atoms with Gasteiger partial charge in [-0.1, -0.05) is 18.2 Å². The van der Waals surface area contributed by atoms with Gasteiger partial charge in [-0.3, -0.25) is 18.7 Å². The summed E-state index contributed by atoms with van der Waals surface area (Å²) in [6.07, 6.45) is -3.70. The van der Waals surface area contributed by atoms with E-state index in [4.69, 9.17) is 0 Å². The molecule has 0 bridgehead atoms. The van der Waals surface area contributed by atoms with Crippen molar-refractivity contribution in [2.24, 2.45) is 0 Å². The van der Waals surface area contributed by atoms with Gasteiger partial charge in [0.25, 0.3) is 21.6 Å². The van der Waals surface area contributed by atoms with Gasteiger partial charge in [0.2, 0.25) is 0 Å². The quantitative estimate of drug-likeness (QED) is 0.425. The zero-order valence-electron chi connectivity index (χ0n) is 19.4. The Morgan fingerprint density at radius 2 is 1.65 bits per heavy atom. The van der Waals surface area contributed by atoms with Crippen LogP contribution in [0.15, 0.2) is 64.3 Å². The molecular formula is C23H21F3N2O7S2. The number of amides is 1. The molecule has 1 aromatic heterocycles. The number of nitrogens with one attached hydrogen (secondary N) is 1. The fourth-order valence-electron chi connectivity index (χ4n) is 3.53. The van der Waals surface area contributed by atoms with E-state index in [-0.39, 0.29) is 28.4 Å². The molecule has 2 aromatic carbocycles. The normalized spacial score (nSPS) is 12.4. The van der Waals surface area contributed by atoms with Crippen molar-refractivity contribution in [3.05, 3.63) is 92.9 Å². The van der Waals surface area contributed by atoms with Gasteiger partial charge in [0.1, 0.15) is 11.3 Å². The molecule has 0 aliphatic rings. The van der Waals surface area contributed by atoms with E-state index in [9.17, 15) is 44.1 Å². The predicted molar refractivity (Wildman–Crippen MR) is 128 cm³/mol. The largest absolute Gasteiger partial charge is 0.416 e. The van der Waals surface area contributed by atoms with Gasteiger partial charge in [0.05, 0.1) is 10.5 Å². The highest BCUT2D eigenvalue weighted by molar-refractivity contribution is 7.90. The Bertz CT molecular complexity index is 1630. The molecule has 1 amide bonds. The molecule has 2 N–H and O–H groups in total. The number of alkyl halides is 3. The summed E-state index contributed by atoms with van der Waals surface area (Å²) in [7, 11) is -8.07. The Morgan fingerprint density at radius 1 is 1.03 bits per heavy atom. The average molecular weight is 559 g/mol. The highest BCUT2D eigenvalue weighted by Gasteiger charge is 2.31. The van der Waals surface area contributed by atoms with Crippen LogP contribution in [0, 0.1) is 6.92 Å². The number of rotatable bonds is 7. The molecule has 37 heavy (non-hydrogen) atoms. The van der Waals surface area contributed by atoms with Crippen molar-refractivity contribution in [2.45, 2.75) is 30.3 Å². The van der Waals surface area contributed by atoms with E-state index >= 15 is 0 Å². The molecule has 0 saturated heterocycles. The first-order valence-electron chi connectivity index (χ1n) is 10.4. The van der Waals surface area contributed by atoms with E-state index in [1.807, 2.05) is 0 Å². The van der Waals surface area contributed by atoms with Gasteiger partial charge in [0, 0.05) is 24.2 Å². The lowest BCUT2D eigenvalue weighted by Crippen LogP contribution is -2.34. The third-order valence-corrected chi connectivity index (χ3v) is 7.18. The van der Waals surface area contributed by atoms with Crippen LogP contribution in [0.3, 0.4) is 0 Å². The van der Waals surface area contributed by atoms with Crippen LogP contribution in [-0.2, 0) is 38.4 Å². The Labute approximate surface area is 210 Å². The summed E-state index contributed by atoms with van der Waals surface area (Å²) >= 11 is 0. The molecule has 0 aliphatic heterocycles. The van der Waals surface area contributed by atoms with E-state index in [0.29, 0.717) is 11.6 Å². The minimum absolute atomic E-state index is 0.0555. The van der Waals surface area contributed by atoms with Crippen LogP contribution in [0.2, 0.25) is 0 Å². The van der Waals surface area contributed by atoms with Crippen LogP contribution in [0.5, 0.6) is 0 Å². The molecule has 3 aromatic rings. The molecule has 14 heteroatoms. The number of hydrogen-bond donors (Lipinski definition) is 2. The van der Waals surface area contributed by atoms with Crippen LogP contribution in [0.1, 0.15) is 32.7 Å². The van der Waals surface area contributed by atoms with Crippen molar-refractivity contribution in [1.29, 1.82) is 0 Å². The van der Waals surface area contributed by atoms with E-state index in [0.717, 1.165) is 29.0 Å². The molecule has 0 spiro atoms. The molecule has 198 valence electrons. The molecule has 0 unspecified atom stereocenters. The first-order valence-corrected chi connectivity index (χ1v) is 13.9. The smallest absolute Gasteiger partial charge is 0.348 e. The number of benzene rings is 2. The van der Waals surface area contributed by atoms with Gasteiger partial charge in [-0.05, 0) is 54.4 Å². The third-order valence-electron chi connectivity index (χ3n) is 5.37. The number of nitrogens with zero attached hydrogens (tertiary/aromatic N) is 1. The molecule has 9 nitrogen and oxygen atoms in total. The van der Waals surface area contributed by atoms with E-state index in [2.05, 4.69) is 5.32 Å². The maximum Gasteiger partial charge on any atom is 0.416 e. The lowest BCUT2D eigenvalue weighted by atomic mass is 10.1. The number of carbonyl (C=O) groups is 1. The zero-order chi connectivity index (χ0) is 27.8. The molecule has 0 saturated carbocycles. The van der Waals surface area contributed by atoms with Gasteiger partial charge in [-0.2, -0.15) is 21.6 Å². The van der Waals surface area contributed by atoms with Crippen LogP contribution < -0.4 is 10.9 Å². The first kappa shape index (κ1) is 28.1. The van der Waals surface area contributed by atoms with Gasteiger partial charge in [0.15, 0.2) is 9.84 Å². The Morgan fingerprint density at radius 3 is 2.19 bits per heavy atom.